The minimum absolute atomic E-state index is 0.140. The zero-order chi connectivity index (χ0) is 20.6. The summed E-state index contributed by atoms with van der Waals surface area (Å²) >= 11 is 0. The van der Waals surface area contributed by atoms with Gasteiger partial charge in [0.2, 0.25) is 0 Å². The van der Waals surface area contributed by atoms with Crippen molar-refractivity contribution in [3.8, 4) is 0 Å². The lowest BCUT2D eigenvalue weighted by Gasteiger charge is -2.09. The van der Waals surface area contributed by atoms with Crippen LogP contribution < -0.4 is 10.6 Å². The predicted octanol–water partition coefficient (Wildman–Crippen LogP) is 0.615. The first-order valence-corrected chi connectivity index (χ1v) is 9.18. The van der Waals surface area contributed by atoms with Crippen molar-refractivity contribution in [2.24, 2.45) is 4.99 Å². The molecule has 2 heterocycles. The van der Waals surface area contributed by atoms with E-state index in [1.54, 1.807) is 24.3 Å². The van der Waals surface area contributed by atoms with Crippen LogP contribution >= 0.6 is 0 Å². The van der Waals surface area contributed by atoms with Crippen LogP contribution in [-0.2, 0) is 4.79 Å². The number of hydrogen-bond donors (Lipinski definition) is 5. The molecule has 1 aliphatic heterocycles. The van der Waals surface area contributed by atoms with Gasteiger partial charge in [-0.2, -0.15) is 0 Å². The van der Waals surface area contributed by atoms with Gasteiger partial charge in [0.25, 0.3) is 11.8 Å². The van der Waals surface area contributed by atoms with Crippen LogP contribution in [-0.4, -0.2) is 59.0 Å². The fourth-order valence-corrected chi connectivity index (χ4v) is 2.87. The molecular weight excluding hydrogens is 372 g/mol. The second kappa shape index (κ2) is 9.63. The van der Waals surface area contributed by atoms with Gasteiger partial charge >= 0.3 is 0 Å². The van der Waals surface area contributed by atoms with Crippen molar-refractivity contribution in [1.29, 1.82) is 0 Å². The third-order valence-electron chi connectivity index (χ3n) is 4.19. The molecular formula is C21H22N4O4. The molecule has 0 aliphatic carbocycles. The number of aliphatic imine (C=N–C) groups is 1. The highest BCUT2D eigenvalue weighted by Crippen LogP contribution is 2.29. The zero-order valence-corrected chi connectivity index (χ0v) is 15.7. The molecule has 3 rings (SSSR count). The number of aromatic amines is 1. The molecule has 2 amide bonds. The summed E-state index contributed by atoms with van der Waals surface area (Å²) in [6.07, 6.45) is 3.35. The first-order chi connectivity index (χ1) is 14.1. The molecule has 150 valence electrons. The lowest BCUT2D eigenvalue weighted by Crippen LogP contribution is -2.31. The topological polar surface area (TPSA) is 127 Å². The Morgan fingerprint density at radius 2 is 1.52 bits per heavy atom. The number of benzene rings is 1. The maximum atomic E-state index is 12.2. The summed E-state index contributed by atoms with van der Waals surface area (Å²) in [6, 6.07) is 13.0. The third-order valence-corrected chi connectivity index (χ3v) is 4.19. The molecule has 8 nitrogen and oxygen atoms in total. The second-order valence-electron chi connectivity index (χ2n) is 6.20. The van der Waals surface area contributed by atoms with E-state index >= 15 is 0 Å². The third kappa shape index (κ3) is 4.87. The Balaban J connectivity index is 1.98. The van der Waals surface area contributed by atoms with E-state index in [0.29, 0.717) is 17.1 Å². The molecule has 0 radical (unpaired) electrons. The highest BCUT2D eigenvalue weighted by molar-refractivity contribution is 6.44. The summed E-state index contributed by atoms with van der Waals surface area (Å²) in [5.41, 5.74) is 3.47. The largest absolute Gasteiger partial charge is 0.395 e. The molecule has 29 heavy (non-hydrogen) atoms. The Morgan fingerprint density at radius 3 is 2.21 bits per heavy atom. The molecule has 2 aromatic rings. The van der Waals surface area contributed by atoms with Crippen LogP contribution in [0.3, 0.4) is 0 Å². The number of rotatable bonds is 8. The van der Waals surface area contributed by atoms with E-state index in [-0.39, 0.29) is 43.8 Å². The Hall–Kier alpha value is -3.49. The lowest BCUT2D eigenvalue weighted by atomic mass is 10.0. The van der Waals surface area contributed by atoms with E-state index in [1.165, 1.54) is 0 Å². The number of hydrogen-bond acceptors (Lipinski definition) is 5. The molecule has 8 heteroatoms. The molecule has 0 fully saturated rings. The summed E-state index contributed by atoms with van der Waals surface area (Å²) in [6.45, 7) is 0.0297. The van der Waals surface area contributed by atoms with Crippen molar-refractivity contribution in [3.63, 3.8) is 0 Å². The van der Waals surface area contributed by atoms with Gasteiger partial charge in [-0.3, -0.25) is 9.59 Å². The molecule has 1 aliphatic rings. The monoisotopic (exact) mass is 394 g/mol. The van der Waals surface area contributed by atoms with Crippen LogP contribution in [0.25, 0.3) is 5.57 Å². The fourth-order valence-electron chi connectivity index (χ4n) is 2.87. The average Bonchev–Trinajstić information content (AvgIpc) is 3.42. The fraction of sp³-hybridized carbons (Fsp3) is 0.190. The number of nitrogens with one attached hydrogen (secondary N) is 3. The van der Waals surface area contributed by atoms with Crippen molar-refractivity contribution in [3.05, 3.63) is 77.3 Å². The molecule has 1 aromatic heterocycles. The van der Waals surface area contributed by atoms with E-state index < -0.39 is 0 Å². The van der Waals surface area contributed by atoms with Crippen LogP contribution in [0, 0.1) is 0 Å². The summed E-state index contributed by atoms with van der Waals surface area (Å²) in [5, 5.41) is 22.9. The van der Waals surface area contributed by atoms with Gasteiger partial charge in [0.1, 0.15) is 11.4 Å². The summed E-state index contributed by atoms with van der Waals surface area (Å²) in [4.78, 5) is 31.8. The highest BCUT2D eigenvalue weighted by Gasteiger charge is 2.19. The molecule has 0 bridgehead atoms. The van der Waals surface area contributed by atoms with Gasteiger partial charge in [0.05, 0.1) is 18.9 Å². The number of carbonyl (C=O) groups excluding carboxylic acids is 2. The van der Waals surface area contributed by atoms with Crippen molar-refractivity contribution in [2.75, 3.05) is 26.3 Å². The van der Waals surface area contributed by atoms with Gasteiger partial charge < -0.3 is 25.8 Å². The zero-order valence-electron chi connectivity index (χ0n) is 15.7. The minimum atomic E-state index is -0.367. The Kier molecular flexibility index (Phi) is 6.72. The maximum Gasteiger partial charge on any atom is 0.269 e. The van der Waals surface area contributed by atoms with E-state index in [4.69, 9.17) is 10.2 Å². The molecule has 0 atom stereocenters. The second-order valence-corrected chi connectivity index (χ2v) is 6.20. The number of amides is 2. The van der Waals surface area contributed by atoms with Gasteiger partial charge in [-0.05, 0) is 29.8 Å². The number of H-pyrrole nitrogens is 1. The number of aromatic nitrogens is 1. The Morgan fingerprint density at radius 1 is 0.862 bits per heavy atom. The van der Waals surface area contributed by atoms with Crippen LogP contribution in [0.15, 0.2) is 65.3 Å². The normalized spacial score (nSPS) is 14.5. The molecule has 5 N–H and O–H groups in total. The summed E-state index contributed by atoms with van der Waals surface area (Å²) < 4.78 is 0. The first kappa shape index (κ1) is 20.2. The van der Waals surface area contributed by atoms with E-state index in [2.05, 4.69) is 20.6 Å². The minimum Gasteiger partial charge on any atom is -0.395 e. The molecule has 0 spiro atoms. The van der Waals surface area contributed by atoms with Gasteiger partial charge in [-0.25, -0.2) is 4.99 Å². The van der Waals surface area contributed by atoms with Gasteiger partial charge in [0.15, 0.2) is 0 Å². The van der Waals surface area contributed by atoms with Crippen molar-refractivity contribution in [2.45, 2.75) is 0 Å². The van der Waals surface area contributed by atoms with E-state index in [1.807, 2.05) is 30.3 Å². The maximum absolute atomic E-state index is 12.2. The highest BCUT2D eigenvalue weighted by atomic mass is 16.3. The number of nitrogens with zero attached hydrogens (tertiary/aromatic N) is 1. The molecule has 0 saturated heterocycles. The van der Waals surface area contributed by atoms with Gasteiger partial charge in [-0.1, -0.05) is 30.3 Å². The van der Waals surface area contributed by atoms with Gasteiger partial charge in [-0.15, -0.1) is 0 Å². The first-order valence-electron chi connectivity index (χ1n) is 9.18. The quantitative estimate of drug-likeness (QED) is 0.450. The molecule has 0 unspecified atom stereocenters. The van der Waals surface area contributed by atoms with E-state index in [9.17, 15) is 9.59 Å². The van der Waals surface area contributed by atoms with Crippen LogP contribution in [0.4, 0.5) is 0 Å². The summed E-state index contributed by atoms with van der Waals surface area (Å²) in [5.74, 6) is -0.689. The number of allylic oxidation sites excluding steroid dienone is 1. The standard InChI is InChI=1S/C21H22N4O4/c26-12-10-22-20(28)17-8-6-15(24-17)19(14-4-2-1-3-5-14)16-7-9-18(25-16)21(29)23-11-13-27/h1-9,24,26-27H,10-13H2,(H,22,28)(H,23,29)/b19-16-. The molecule has 0 saturated carbocycles. The average molecular weight is 394 g/mol. The van der Waals surface area contributed by atoms with Crippen molar-refractivity contribution >= 4 is 23.1 Å². The Bertz CT molecular complexity index is 974. The Labute approximate surface area is 167 Å². The van der Waals surface area contributed by atoms with E-state index in [0.717, 1.165) is 11.1 Å². The number of aliphatic hydroxyl groups is 2. The van der Waals surface area contributed by atoms with Crippen LogP contribution in [0.1, 0.15) is 21.7 Å². The van der Waals surface area contributed by atoms with Crippen molar-refractivity contribution < 1.29 is 19.8 Å². The smallest absolute Gasteiger partial charge is 0.269 e. The number of aliphatic hydroxyl groups excluding tert-OH is 2. The predicted molar refractivity (Wildman–Crippen MR) is 109 cm³/mol. The van der Waals surface area contributed by atoms with Crippen LogP contribution in [0.2, 0.25) is 0 Å². The number of carbonyl (C=O) groups is 2. The van der Waals surface area contributed by atoms with Crippen LogP contribution in [0.5, 0.6) is 0 Å². The molecule has 1 aromatic carbocycles. The summed E-state index contributed by atoms with van der Waals surface area (Å²) in [7, 11) is 0. The van der Waals surface area contributed by atoms with Gasteiger partial charge in [0, 0.05) is 24.4 Å². The SMILES string of the molecule is O=C(NCCO)C1=N/C(=C(/c2ccccc2)c2ccc(C(=O)NCCO)[nH]2)C=C1. The lowest BCUT2D eigenvalue weighted by molar-refractivity contribution is -0.114. The van der Waals surface area contributed by atoms with Crippen molar-refractivity contribution in [1.82, 2.24) is 15.6 Å².